The van der Waals surface area contributed by atoms with Crippen molar-refractivity contribution in [3.8, 4) is 11.4 Å². The Morgan fingerprint density at radius 2 is 1.83 bits per heavy atom. The summed E-state index contributed by atoms with van der Waals surface area (Å²) in [5, 5.41) is 0. The van der Waals surface area contributed by atoms with Gasteiger partial charge in [-0.15, -0.1) is 0 Å². The van der Waals surface area contributed by atoms with E-state index in [0.29, 0.717) is 12.1 Å². The van der Waals surface area contributed by atoms with Crippen LogP contribution in [0.4, 0.5) is 4.39 Å². The van der Waals surface area contributed by atoms with E-state index in [1.165, 1.54) is 12.1 Å². The minimum Gasteiger partial charge on any atom is -0.323 e. The van der Waals surface area contributed by atoms with Crippen LogP contribution >= 0.6 is 0 Å². The van der Waals surface area contributed by atoms with Gasteiger partial charge in [0, 0.05) is 31.0 Å². The van der Waals surface area contributed by atoms with Crippen molar-refractivity contribution in [1.82, 2.24) is 19.3 Å². The summed E-state index contributed by atoms with van der Waals surface area (Å²) >= 11 is 0. The molecule has 0 unspecified atom stereocenters. The van der Waals surface area contributed by atoms with Gasteiger partial charge in [-0.05, 0) is 48.9 Å². The zero-order valence-electron chi connectivity index (χ0n) is 15.7. The Bertz CT molecular complexity index is 1270. The predicted molar refractivity (Wildman–Crippen MR) is 109 cm³/mol. The van der Waals surface area contributed by atoms with Gasteiger partial charge in [0.15, 0.2) is 0 Å². The number of nitrogens with zero attached hydrogens (tertiary/aromatic N) is 3. The lowest BCUT2D eigenvalue weighted by Crippen LogP contribution is -2.28. The van der Waals surface area contributed by atoms with E-state index in [4.69, 9.17) is 4.98 Å². The molecule has 2 heterocycles. The highest BCUT2D eigenvalue weighted by Gasteiger charge is 2.18. The van der Waals surface area contributed by atoms with Crippen molar-refractivity contribution in [2.45, 2.75) is 18.4 Å². The molecule has 0 fully saturated rings. The molecule has 0 saturated heterocycles. The number of fused-ring (bicyclic) bond motifs is 1. The summed E-state index contributed by atoms with van der Waals surface area (Å²) in [6.45, 7) is 2.14. The maximum Gasteiger partial charge on any atom is 0.240 e. The van der Waals surface area contributed by atoms with Crippen molar-refractivity contribution < 1.29 is 12.8 Å². The first kappa shape index (κ1) is 19.2. The number of halogens is 1. The first-order valence-corrected chi connectivity index (χ1v) is 10.6. The first-order valence-electron chi connectivity index (χ1n) is 9.07. The molecule has 4 rings (SSSR count). The van der Waals surface area contributed by atoms with E-state index in [-0.39, 0.29) is 11.4 Å². The fourth-order valence-electron chi connectivity index (χ4n) is 3.26. The molecule has 0 aliphatic carbocycles. The maximum atomic E-state index is 13.5. The van der Waals surface area contributed by atoms with E-state index in [1.54, 1.807) is 19.3 Å². The number of para-hydroxylation sites is 2. The van der Waals surface area contributed by atoms with E-state index < -0.39 is 15.8 Å². The van der Waals surface area contributed by atoms with Gasteiger partial charge in [0.25, 0.3) is 0 Å². The molecule has 0 aliphatic rings. The van der Waals surface area contributed by atoms with Gasteiger partial charge in [-0.1, -0.05) is 18.2 Å². The maximum absolute atomic E-state index is 13.5. The Kier molecular flexibility index (Phi) is 5.12. The lowest BCUT2D eigenvalue weighted by atomic mass is 10.2. The molecule has 2 aromatic carbocycles. The second kappa shape index (κ2) is 7.73. The summed E-state index contributed by atoms with van der Waals surface area (Å²) in [4.78, 5) is 8.68. The second-order valence-electron chi connectivity index (χ2n) is 6.62. The van der Waals surface area contributed by atoms with Gasteiger partial charge < -0.3 is 4.57 Å². The molecule has 0 bridgehead atoms. The highest BCUT2D eigenvalue weighted by Crippen LogP contribution is 2.24. The number of rotatable bonds is 6. The molecule has 2 aromatic heterocycles. The topological polar surface area (TPSA) is 76.9 Å². The third-order valence-corrected chi connectivity index (χ3v) is 6.26. The molecule has 6 nitrogen and oxygen atoms in total. The van der Waals surface area contributed by atoms with Crippen LogP contribution in [0.1, 0.15) is 5.56 Å². The third-order valence-electron chi connectivity index (χ3n) is 4.66. The smallest absolute Gasteiger partial charge is 0.240 e. The van der Waals surface area contributed by atoms with Crippen LogP contribution in [0.2, 0.25) is 0 Å². The van der Waals surface area contributed by atoms with Crippen LogP contribution in [-0.2, 0) is 16.6 Å². The number of nitrogens with one attached hydrogen (secondary N) is 1. The molecule has 8 heteroatoms. The number of aromatic nitrogens is 3. The fraction of sp³-hybridized carbons (Fsp3) is 0.143. The Hall–Kier alpha value is -3.10. The van der Waals surface area contributed by atoms with Crippen molar-refractivity contribution in [2.75, 3.05) is 6.54 Å². The van der Waals surface area contributed by atoms with Gasteiger partial charge in [0.2, 0.25) is 10.0 Å². The molecular weight excluding hydrogens is 391 g/mol. The van der Waals surface area contributed by atoms with Crippen molar-refractivity contribution in [1.29, 1.82) is 0 Å². The number of pyridine rings is 1. The van der Waals surface area contributed by atoms with Crippen molar-refractivity contribution in [3.63, 3.8) is 0 Å². The zero-order valence-corrected chi connectivity index (χ0v) is 16.5. The summed E-state index contributed by atoms with van der Waals surface area (Å²) in [5.74, 6) is 0.145. The number of hydrogen-bond donors (Lipinski definition) is 1. The number of aryl methyl sites for hydroxylation is 1. The molecule has 0 spiro atoms. The lowest BCUT2D eigenvalue weighted by Gasteiger charge is -2.12. The van der Waals surface area contributed by atoms with Gasteiger partial charge in [-0.2, -0.15) is 0 Å². The van der Waals surface area contributed by atoms with Crippen LogP contribution in [0.15, 0.2) is 71.9 Å². The van der Waals surface area contributed by atoms with E-state index in [1.807, 2.05) is 41.0 Å². The van der Waals surface area contributed by atoms with Crippen molar-refractivity contribution in [2.24, 2.45) is 0 Å². The van der Waals surface area contributed by atoms with Gasteiger partial charge >= 0.3 is 0 Å². The average molecular weight is 410 g/mol. The Morgan fingerprint density at radius 1 is 1.07 bits per heavy atom. The Morgan fingerprint density at radius 3 is 2.62 bits per heavy atom. The molecule has 0 radical (unpaired) electrons. The number of sulfonamides is 1. The van der Waals surface area contributed by atoms with Gasteiger partial charge in [-0.3, -0.25) is 4.98 Å². The summed E-state index contributed by atoms with van der Waals surface area (Å²) in [6, 6.07) is 15.1. The third kappa shape index (κ3) is 3.90. The molecule has 0 saturated carbocycles. The Balaban J connectivity index is 1.62. The minimum absolute atomic E-state index is 0.0534. The second-order valence-corrected chi connectivity index (χ2v) is 8.35. The molecule has 1 N–H and O–H groups in total. The molecule has 148 valence electrons. The number of imidazole rings is 1. The quantitative estimate of drug-likeness (QED) is 0.528. The summed E-state index contributed by atoms with van der Waals surface area (Å²) < 4.78 is 43.3. The van der Waals surface area contributed by atoms with Gasteiger partial charge in [0.05, 0.1) is 15.9 Å². The van der Waals surface area contributed by atoms with E-state index in [0.717, 1.165) is 28.5 Å². The summed E-state index contributed by atoms with van der Waals surface area (Å²) in [7, 11) is -3.83. The normalized spacial score (nSPS) is 11.8. The lowest BCUT2D eigenvalue weighted by molar-refractivity contribution is 0.570. The average Bonchev–Trinajstić information content (AvgIpc) is 3.09. The van der Waals surface area contributed by atoms with E-state index in [9.17, 15) is 12.8 Å². The molecule has 29 heavy (non-hydrogen) atoms. The largest absolute Gasteiger partial charge is 0.323 e. The predicted octanol–water partition coefficient (Wildman–Crippen LogP) is 3.52. The van der Waals surface area contributed by atoms with Crippen LogP contribution in [0.25, 0.3) is 22.4 Å². The van der Waals surface area contributed by atoms with Crippen LogP contribution in [0.5, 0.6) is 0 Å². The summed E-state index contributed by atoms with van der Waals surface area (Å²) in [5.41, 5.74) is 3.10. The molecule has 0 aliphatic heterocycles. The SMILES string of the molecule is Cc1ccc(F)cc1S(=O)(=O)NCCn1c(-c2ccncc2)nc2ccccc21. The van der Waals surface area contributed by atoms with E-state index in [2.05, 4.69) is 9.71 Å². The zero-order chi connectivity index (χ0) is 20.4. The van der Waals surface area contributed by atoms with E-state index >= 15 is 0 Å². The van der Waals surface area contributed by atoms with Crippen LogP contribution < -0.4 is 4.72 Å². The first-order chi connectivity index (χ1) is 14.0. The monoisotopic (exact) mass is 410 g/mol. The van der Waals surface area contributed by atoms with Crippen LogP contribution in [-0.4, -0.2) is 29.5 Å². The van der Waals surface area contributed by atoms with Crippen molar-refractivity contribution in [3.05, 3.63) is 78.4 Å². The molecule has 4 aromatic rings. The van der Waals surface area contributed by atoms with Crippen LogP contribution in [0.3, 0.4) is 0 Å². The highest BCUT2D eigenvalue weighted by atomic mass is 32.2. The molecule has 0 atom stereocenters. The molecular formula is C21H19FN4O2S. The fourth-order valence-corrected chi connectivity index (χ4v) is 4.53. The minimum atomic E-state index is -3.83. The molecule has 0 amide bonds. The van der Waals surface area contributed by atoms with Crippen molar-refractivity contribution >= 4 is 21.1 Å². The Labute approximate surface area is 168 Å². The number of hydrogen-bond acceptors (Lipinski definition) is 4. The van der Waals surface area contributed by atoms with Gasteiger partial charge in [0.1, 0.15) is 11.6 Å². The number of benzene rings is 2. The summed E-state index contributed by atoms with van der Waals surface area (Å²) in [6.07, 6.45) is 3.38. The van der Waals surface area contributed by atoms with Gasteiger partial charge in [-0.25, -0.2) is 22.5 Å². The van der Waals surface area contributed by atoms with Crippen LogP contribution in [0, 0.1) is 12.7 Å². The highest BCUT2D eigenvalue weighted by molar-refractivity contribution is 7.89. The standard InChI is InChI=1S/C21H19FN4O2S/c1-15-6-7-17(22)14-20(15)29(27,28)24-12-13-26-19-5-3-2-4-18(19)25-21(26)16-8-10-23-11-9-16/h2-11,14,24H,12-13H2,1H3.